The summed E-state index contributed by atoms with van der Waals surface area (Å²) < 4.78 is 0. The van der Waals surface area contributed by atoms with E-state index in [1.807, 2.05) is 6.92 Å². The zero-order valence-electron chi connectivity index (χ0n) is 12.1. The molecule has 19 heavy (non-hydrogen) atoms. The molecule has 1 aliphatic carbocycles. The van der Waals surface area contributed by atoms with Gasteiger partial charge in [0.1, 0.15) is 0 Å². The van der Waals surface area contributed by atoms with Crippen LogP contribution in [0.3, 0.4) is 0 Å². The molecule has 0 saturated carbocycles. The van der Waals surface area contributed by atoms with Crippen molar-refractivity contribution < 1.29 is 4.79 Å². The van der Waals surface area contributed by atoms with Crippen LogP contribution in [0.4, 0.5) is 0 Å². The van der Waals surface area contributed by atoms with Crippen LogP contribution in [0, 0.1) is 5.92 Å². The molecular formula is C16H24N2O. The summed E-state index contributed by atoms with van der Waals surface area (Å²) in [7, 11) is 0. The molecule has 1 aromatic rings. The second-order valence-electron chi connectivity index (χ2n) is 5.83. The van der Waals surface area contributed by atoms with E-state index < -0.39 is 0 Å². The van der Waals surface area contributed by atoms with Gasteiger partial charge >= 0.3 is 0 Å². The topological polar surface area (TPSA) is 41.1 Å². The quantitative estimate of drug-likeness (QED) is 0.822. The monoisotopic (exact) mass is 260 g/mol. The highest BCUT2D eigenvalue weighted by molar-refractivity contribution is 5.78. The third-order valence-electron chi connectivity index (χ3n) is 4.03. The molecule has 104 valence electrons. The van der Waals surface area contributed by atoms with Crippen LogP contribution in [0.1, 0.15) is 37.8 Å². The normalized spacial score (nSPS) is 18.6. The van der Waals surface area contributed by atoms with E-state index in [0.29, 0.717) is 18.4 Å². The van der Waals surface area contributed by atoms with E-state index in [0.717, 1.165) is 13.0 Å². The second-order valence-corrected chi connectivity index (χ2v) is 5.83. The fourth-order valence-corrected chi connectivity index (χ4v) is 2.38. The smallest absolute Gasteiger partial charge is 0.234 e. The minimum Gasteiger partial charge on any atom is -0.352 e. The number of nitrogens with one attached hydrogen (secondary N) is 2. The Morgan fingerprint density at radius 2 is 2.05 bits per heavy atom. The lowest BCUT2D eigenvalue weighted by Gasteiger charge is -2.30. The lowest BCUT2D eigenvalue weighted by molar-refractivity contribution is -0.121. The summed E-state index contributed by atoms with van der Waals surface area (Å²) in [6.07, 6.45) is 1.13. The van der Waals surface area contributed by atoms with Crippen LogP contribution in [0.15, 0.2) is 24.3 Å². The summed E-state index contributed by atoms with van der Waals surface area (Å²) in [6.45, 7) is 7.58. The van der Waals surface area contributed by atoms with E-state index in [1.165, 1.54) is 11.1 Å². The van der Waals surface area contributed by atoms with Gasteiger partial charge in [0.25, 0.3) is 0 Å². The molecule has 2 unspecified atom stereocenters. The first-order valence-electron chi connectivity index (χ1n) is 7.15. The van der Waals surface area contributed by atoms with Crippen molar-refractivity contribution in [3.05, 3.63) is 35.4 Å². The molecule has 0 heterocycles. The molecule has 1 amide bonds. The molecule has 0 aromatic heterocycles. The van der Waals surface area contributed by atoms with E-state index in [-0.39, 0.29) is 11.9 Å². The molecule has 0 saturated heterocycles. The number of carbonyl (C=O) groups is 1. The van der Waals surface area contributed by atoms with Crippen molar-refractivity contribution in [2.45, 2.75) is 39.2 Å². The van der Waals surface area contributed by atoms with Crippen LogP contribution in [0.2, 0.25) is 0 Å². The van der Waals surface area contributed by atoms with E-state index in [4.69, 9.17) is 0 Å². The molecule has 1 aliphatic rings. The Balaban J connectivity index is 1.67. The van der Waals surface area contributed by atoms with Gasteiger partial charge in [-0.15, -0.1) is 0 Å². The van der Waals surface area contributed by atoms with Crippen LogP contribution in [-0.4, -0.2) is 25.0 Å². The fourth-order valence-electron chi connectivity index (χ4n) is 2.38. The van der Waals surface area contributed by atoms with Gasteiger partial charge in [0, 0.05) is 18.5 Å². The van der Waals surface area contributed by atoms with Gasteiger partial charge in [0.2, 0.25) is 5.91 Å². The summed E-state index contributed by atoms with van der Waals surface area (Å²) >= 11 is 0. The minimum absolute atomic E-state index is 0.0915. The van der Waals surface area contributed by atoms with Crippen molar-refractivity contribution >= 4 is 5.91 Å². The molecule has 0 fully saturated rings. The van der Waals surface area contributed by atoms with Crippen molar-refractivity contribution in [1.82, 2.24) is 10.6 Å². The van der Waals surface area contributed by atoms with Crippen molar-refractivity contribution in [3.8, 4) is 0 Å². The van der Waals surface area contributed by atoms with Crippen LogP contribution in [0.25, 0.3) is 0 Å². The summed E-state index contributed by atoms with van der Waals surface area (Å²) in [4.78, 5) is 11.7. The van der Waals surface area contributed by atoms with Crippen LogP contribution in [-0.2, 0) is 11.2 Å². The fraction of sp³-hybridized carbons (Fsp3) is 0.562. The standard InChI is InChI=1S/C16H24N2O/c1-11(2)12(3)18-16(19)10-17-9-14-8-13-6-4-5-7-15(13)14/h4-7,11-12,14,17H,8-10H2,1-3H3,(H,18,19). The van der Waals surface area contributed by atoms with Crippen LogP contribution in [0.5, 0.6) is 0 Å². The Morgan fingerprint density at radius 3 is 2.74 bits per heavy atom. The maximum Gasteiger partial charge on any atom is 0.234 e. The van der Waals surface area contributed by atoms with E-state index in [9.17, 15) is 4.79 Å². The Labute approximate surface area is 115 Å². The van der Waals surface area contributed by atoms with Crippen LogP contribution < -0.4 is 10.6 Å². The first-order chi connectivity index (χ1) is 9.08. The van der Waals surface area contributed by atoms with Gasteiger partial charge in [-0.1, -0.05) is 38.1 Å². The number of hydrogen-bond donors (Lipinski definition) is 2. The second kappa shape index (κ2) is 6.20. The predicted octanol–water partition coefficient (Wildman–Crippen LogP) is 2.08. The van der Waals surface area contributed by atoms with Crippen molar-refractivity contribution in [1.29, 1.82) is 0 Å². The molecule has 0 aliphatic heterocycles. The number of carbonyl (C=O) groups excluding carboxylic acids is 1. The van der Waals surface area contributed by atoms with Gasteiger partial charge in [0.15, 0.2) is 0 Å². The first kappa shape index (κ1) is 14.1. The van der Waals surface area contributed by atoms with Crippen molar-refractivity contribution in [2.75, 3.05) is 13.1 Å². The summed E-state index contributed by atoms with van der Waals surface area (Å²) in [5, 5.41) is 6.27. The average Bonchev–Trinajstić information content (AvgIpc) is 2.34. The highest BCUT2D eigenvalue weighted by Gasteiger charge is 2.24. The predicted molar refractivity (Wildman–Crippen MR) is 78.2 cm³/mol. The van der Waals surface area contributed by atoms with Gasteiger partial charge in [-0.3, -0.25) is 4.79 Å². The van der Waals surface area contributed by atoms with Crippen LogP contribution >= 0.6 is 0 Å². The van der Waals surface area contributed by atoms with Gasteiger partial charge in [-0.2, -0.15) is 0 Å². The summed E-state index contributed by atoms with van der Waals surface area (Å²) in [5.41, 5.74) is 2.89. The molecule has 2 N–H and O–H groups in total. The SMILES string of the molecule is CC(C)C(C)NC(=O)CNCC1Cc2ccccc21. The Bertz CT molecular complexity index is 442. The lowest BCUT2D eigenvalue weighted by Crippen LogP contribution is -2.42. The highest BCUT2D eigenvalue weighted by Crippen LogP contribution is 2.33. The maximum atomic E-state index is 11.7. The van der Waals surface area contributed by atoms with Crippen molar-refractivity contribution in [3.63, 3.8) is 0 Å². The zero-order chi connectivity index (χ0) is 13.8. The van der Waals surface area contributed by atoms with E-state index in [2.05, 4.69) is 48.7 Å². The largest absolute Gasteiger partial charge is 0.352 e. The highest BCUT2D eigenvalue weighted by atomic mass is 16.1. The van der Waals surface area contributed by atoms with E-state index in [1.54, 1.807) is 0 Å². The lowest BCUT2D eigenvalue weighted by atomic mass is 9.77. The van der Waals surface area contributed by atoms with Gasteiger partial charge in [-0.25, -0.2) is 0 Å². The Hall–Kier alpha value is -1.35. The molecule has 2 atom stereocenters. The molecule has 3 heteroatoms. The molecule has 0 radical (unpaired) electrons. The number of rotatable bonds is 6. The van der Waals surface area contributed by atoms with Gasteiger partial charge < -0.3 is 10.6 Å². The average molecular weight is 260 g/mol. The molecule has 2 rings (SSSR count). The summed E-state index contributed by atoms with van der Waals surface area (Å²) in [5.74, 6) is 1.14. The summed E-state index contributed by atoms with van der Waals surface area (Å²) in [6, 6.07) is 8.78. The molecule has 3 nitrogen and oxygen atoms in total. The molecular weight excluding hydrogens is 236 g/mol. The van der Waals surface area contributed by atoms with Crippen molar-refractivity contribution in [2.24, 2.45) is 5.92 Å². The van der Waals surface area contributed by atoms with Gasteiger partial charge in [0.05, 0.1) is 6.54 Å². The third kappa shape index (κ3) is 3.57. The van der Waals surface area contributed by atoms with Gasteiger partial charge in [-0.05, 0) is 30.4 Å². The zero-order valence-corrected chi connectivity index (χ0v) is 12.1. The molecule has 0 spiro atoms. The first-order valence-corrected chi connectivity index (χ1v) is 7.15. The third-order valence-corrected chi connectivity index (χ3v) is 4.03. The number of hydrogen-bond acceptors (Lipinski definition) is 2. The Morgan fingerprint density at radius 1 is 1.32 bits per heavy atom. The minimum atomic E-state index is 0.0915. The number of benzene rings is 1. The Kier molecular flexibility index (Phi) is 4.59. The maximum absolute atomic E-state index is 11.7. The molecule has 1 aromatic carbocycles. The number of fused-ring (bicyclic) bond motifs is 1. The number of amides is 1. The molecule has 0 bridgehead atoms. The van der Waals surface area contributed by atoms with E-state index >= 15 is 0 Å².